The molecule has 136 valence electrons. The zero-order valence-corrected chi connectivity index (χ0v) is 15.8. The van der Waals surface area contributed by atoms with Crippen LogP contribution in [0.3, 0.4) is 0 Å². The van der Waals surface area contributed by atoms with Gasteiger partial charge in [0.2, 0.25) is 10.0 Å². The summed E-state index contributed by atoms with van der Waals surface area (Å²) in [4.78, 5) is 0.244. The number of hydrogen-bond acceptors (Lipinski definition) is 4. The topological polar surface area (TPSA) is 64.4 Å². The number of rotatable bonds is 6. The summed E-state index contributed by atoms with van der Waals surface area (Å²) in [6, 6.07) is 14.5. The van der Waals surface area contributed by atoms with Crippen molar-refractivity contribution in [2.45, 2.75) is 18.4 Å². The molecule has 0 amide bonds. The lowest BCUT2D eigenvalue weighted by molar-refractivity contribution is 0.411. The lowest BCUT2D eigenvalue weighted by atomic mass is 10.2. The fourth-order valence-corrected chi connectivity index (χ4v) is 3.94. The first-order chi connectivity index (χ1) is 12.4. The molecule has 0 N–H and O–H groups in total. The van der Waals surface area contributed by atoms with Crippen molar-refractivity contribution in [3.05, 3.63) is 72.1 Å². The van der Waals surface area contributed by atoms with Crippen molar-refractivity contribution in [1.29, 1.82) is 0 Å². The fourth-order valence-electron chi connectivity index (χ4n) is 2.70. The molecule has 3 rings (SSSR count). The van der Waals surface area contributed by atoms with E-state index in [0.29, 0.717) is 5.75 Å². The van der Waals surface area contributed by atoms with Gasteiger partial charge in [0.05, 0.1) is 23.9 Å². The van der Waals surface area contributed by atoms with Crippen LogP contribution in [0, 0.1) is 6.92 Å². The van der Waals surface area contributed by atoms with E-state index < -0.39 is 10.0 Å². The summed E-state index contributed by atoms with van der Waals surface area (Å²) < 4.78 is 33.9. The average molecular weight is 371 g/mol. The van der Waals surface area contributed by atoms with Gasteiger partial charge in [-0.2, -0.15) is 9.40 Å². The molecule has 26 heavy (non-hydrogen) atoms. The Kier molecular flexibility index (Phi) is 5.11. The minimum atomic E-state index is -3.60. The Morgan fingerprint density at radius 1 is 1.15 bits per heavy atom. The molecular formula is C19H21N3O3S. The van der Waals surface area contributed by atoms with Crippen LogP contribution < -0.4 is 4.74 Å². The number of methoxy groups -OCH3 is 1. The van der Waals surface area contributed by atoms with Gasteiger partial charge >= 0.3 is 0 Å². The van der Waals surface area contributed by atoms with Crippen LogP contribution in [0.5, 0.6) is 5.75 Å². The third-order valence-corrected chi connectivity index (χ3v) is 5.94. The second kappa shape index (κ2) is 7.31. The molecule has 0 aliphatic heterocycles. The van der Waals surface area contributed by atoms with Gasteiger partial charge in [-0.05, 0) is 42.8 Å². The highest BCUT2D eigenvalue weighted by atomic mass is 32.2. The Bertz CT molecular complexity index is 998. The number of benzene rings is 2. The summed E-state index contributed by atoms with van der Waals surface area (Å²) in [6.45, 7) is 2.06. The van der Waals surface area contributed by atoms with Gasteiger partial charge in [0.25, 0.3) is 0 Å². The number of sulfonamides is 1. The van der Waals surface area contributed by atoms with Crippen molar-refractivity contribution >= 4 is 10.0 Å². The smallest absolute Gasteiger partial charge is 0.243 e. The third-order valence-electron chi connectivity index (χ3n) is 4.14. The van der Waals surface area contributed by atoms with Crippen molar-refractivity contribution in [2.24, 2.45) is 0 Å². The Labute approximate surface area is 153 Å². The van der Waals surface area contributed by atoms with E-state index in [1.165, 1.54) is 4.31 Å². The van der Waals surface area contributed by atoms with E-state index in [-0.39, 0.29) is 11.4 Å². The zero-order chi connectivity index (χ0) is 18.7. The van der Waals surface area contributed by atoms with Gasteiger partial charge in [0.15, 0.2) is 0 Å². The molecule has 3 aromatic rings. The molecule has 2 aromatic carbocycles. The van der Waals surface area contributed by atoms with Gasteiger partial charge in [-0.1, -0.05) is 18.2 Å². The van der Waals surface area contributed by atoms with Crippen LogP contribution in [0.15, 0.2) is 65.8 Å². The first-order valence-corrected chi connectivity index (χ1v) is 9.56. The molecule has 0 saturated heterocycles. The summed E-state index contributed by atoms with van der Waals surface area (Å²) in [5.41, 5.74) is 2.51. The molecule has 6 nitrogen and oxygen atoms in total. The van der Waals surface area contributed by atoms with Crippen molar-refractivity contribution in [1.82, 2.24) is 14.1 Å². The highest BCUT2D eigenvalue weighted by Gasteiger charge is 2.22. The Morgan fingerprint density at radius 3 is 2.54 bits per heavy atom. The van der Waals surface area contributed by atoms with E-state index in [1.54, 1.807) is 43.2 Å². The predicted octanol–water partition coefficient (Wildman–Crippen LogP) is 3.01. The summed E-state index contributed by atoms with van der Waals surface area (Å²) in [5, 5.41) is 4.31. The SMILES string of the molecule is COc1ccc(S(=O)(=O)N(C)Cc2cnn(-c3ccccc3)c2)cc1C. The van der Waals surface area contributed by atoms with E-state index in [4.69, 9.17) is 4.74 Å². The molecule has 0 aliphatic rings. The number of hydrogen-bond donors (Lipinski definition) is 0. The number of nitrogens with zero attached hydrogens (tertiary/aromatic N) is 3. The second-order valence-corrected chi connectivity index (χ2v) is 8.07. The maximum atomic E-state index is 12.8. The first kappa shape index (κ1) is 18.2. The van der Waals surface area contributed by atoms with Gasteiger partial charge in [0.1, 0.15) is 5.75 Å². The van der Waals surface area contributed by atoms with E-state index in [9.17, 15) is 8.42 Å². The van der Waals surface area contributed by atoms with Crippen LogP contribution in [0.4, 0.5) is 0 Å². The van der Waals surface area contributed by atoms with Gasteiger partial charge < -0.3 is 4.74 Å². The van der Waals surface area contributed by atoms with Gasteiger partial charge in [0, 0.05) is 25.4 Å². The van der Waals surface area contributed by atoms with Gasteiger partial charge in [-0.3, -0.25) is 0 Å². The van der Waals surface area contributed by atoms with Crippen molar-refractivity contribution in [3.8, 4) is 11.4 Å². The van der Waals surface area contributed by atoms with E-state index in [0.717, 1.165) is 16.8 Å². The predicted molar refractivity (Wildman–Crippen MR) is 99.9 cm³/mol. The normalized spacial score (nSPS) is 11.7. The summed E-state index contributed by atoms with van der Waals surface area (Å²) in [6.07, 6.45) is 3.51. The Hall–Kier alpha value is -2.64. The highest BCUT2D eigenvalue weighted by Crippen LogP contribution is 2.24. The summed E-state index contributed by atoms with van der Waals surface area (Å²) in [7, 11) is -0.473. The van der Waals surface area contributed by atoms with Crippen LogP contribution in [-0.4, -0.2) is 36.7 Å². The number of aryl methyl sites for hydroxylation is 1. The standard InChI is InChI=1S/C19H21N3O3S/c1-15-11-18(9-10-19(15)25-3)26(23,24)21(2)13-16-12-20-22(14-16)17-7-5-4-6-8-17/h4-12,14H,13H2,1-3H3. The first-order valence-electron chi connectivity index (χ1n) is 8.12. The van der Waals surface area contributed by atoms with Crippen molar-refractivity contribution < 1.29 is 13.2 Å². The molecule has 0 saturated carbocycles. The van der Waals surface area contributed by atoms with Crippen molar-refractivity contribution in [3.63, 3.8) is 0 Å². The largest absolute Gasteiger partial charge is 0.496 e. The number of ether oxygens (including phenoxy) is 1. The van der Waals surface area contributed by atoms with Crippen LogP contribution in [-0.2, 0) is 16.6 Å². The lowest BCUT2D eigenvalue weighted by Gasteiger charge is -2.17. The fraction of sp³-hybridized carbons (Fsp3) is 0.211. The minimum absolute atomic E-state index is 0.236. The minimum Gasteiger partial charge on any atom is -0.496 e. The number of para-hydroxylation sites is 1. The highest BCUT2D eigenvalue weighted by molar-refractivity contribution is 7.89. The molecule has 1 heterocycles. The monoisotopic (exact) mass is 371 g/mol. The zero-order valence-electron chi connectivity index (χ0n) is 15.0. The molecule has 0 fully saturated rings. The van der Waals surface area contributed by atoms with Crippen LogP contribution in [0.25, 0.3) is 5.69 Å². The Morgan fingerprint density at radius 2 is 1.88 bits per heavy atom. The Balaban J connectivity index is 1.80. The van der Waals surface area contributed by atoms with Gasteiger partial charge in [-0.25, -0.2) is 13.1 Å². The third kappa shape index (κ3) is 3.63. The second-order valence-electron chi connectivity index (χ2n) is 6.02. The van der Waals surface area contributed by atoms with E-state index >= 15 is 0 Å². The van der Waals surface area contributed by atoms with E-state index in [2.05, 4.69) is 5.10 Å². The molecule has 7 heteroatoms. The molecule has 0 aliphatic carbocycles. The van der Waals surface area contributed by atoms with Gasteiger partial charge in [-0.15, -0.1) is 0 Å². The molecule has 1 aromatic heterocycles. The maximum Gasteiger partial charge on any atom is 0.243 e. The lowest BCUT2D eigenvalue weighted by Crippen LogP contribution is -2.26. The van der Waals surface area contributed by atoms with Crippen LogP contribution in [0.2, 0.25) is 0 Å². The molecule has 0 atom stereocenters. The van der Waals surface area contributed by atoms with E-state index in [1.807, 2.05) is 43.5 Å². The van der Waals surface area contributed by atoms with Crippen LogP contribution >= 0.6 is 0 Å². The molecule has 0 radical (unpaired) electrons. The summed E-state index contributed by atoms with van der Waals surface area (Å²) in [5.74, 6) is 0.663. The van der Waals surface area contributed by atoms with Crippen molar-refractivity contribution in [2.75, 3.05) is 14.2 Å². The summed E-state index contributed by atoms with van der Waals surface area (Å²) >= 11 is 0. The quantitative estimate of drug-likeness (QED) is 0.668. The molecule has 0 spiro atoms. The molecular weight excluding hydrogens is 350 g/mol. The van der Waals surface area contributed by atoms with Crippen LogP contribution in [0.1, 0.15) is 11.1 Å². The average Bonchev–Trinajstić information content (AvgIpc) is 3.11. The molecule has 0 bridgehead atoms. The molecule has 0 unspecified atom stereocenters. The number of aromatic nitrogens is 2. The maximum absolute atomic E-state index is 12.8.